The van der Waals surface area contributed by atoms with E-state index in [4.69, 9.17) is 0 Å². The van der Waals surface area contributed by atoms with Crippen LogP contribution in [0.1, 0.15) is 58.0 Å². The van der Waals surface area contributed by atoms with Crippen LogP contribution in [-0.2, 0) is 0 Å². The van der Waals surface area contributed by atoms with Crippen molar-refractivity contribution in [2.75, 3.05) is 11.5 Å². The second-order valence-corrected chi connectivity index (χ2v) is 9.50. The van der Waals surface area contributed by atoms with Crippen LogP contribution in [0.5, 0.6) is 0 Å². The van der Waals surface area contributed by atoms with E-state index in [2.05, 4.69) is 27.7 Å². The Hall–Kier alpha value is -0.620. The summed E-state index contributed by atoms with van der Waals surface area (Å²) in [7, 11) is 0. The van der Waals surface area contributed by atoms with Crippen LogP contribution in [0, 0.1) is 18.8 Å². The molecule has 0 saturated heterocycles. The summed E-state index contributed by atoms with van der Waals surface area (Å²) in [6.07, 6.45) is 0. The van der Waals surface area contributed by atoms with Crippen LogP contribution in [0.3, 0.4) is 0 Å². The van der Waals surface area contributed by atoms with Gasteiger partial charge in [0.05, 0.1) is 10.7 Å². The van der Waals surface area contributed by atoms with Crippen molar-refractivity contribution in [1.29, 1.82) is 0 Å². The minimum Gasteiger partial charge on any atom is -0.286 e. The zero-order valence-corrected chi connectivity index (χ0v) is 17.0. The smallest absolute Gasteiger partial charge is 0.286 e. The zero-order chi connectivity index (χ0) is 17.7. The van der Waals surface area contributed by atoms with Gasteiger partial charge in [-0.15, -0.1) is 23.5 Å². The molecule has 1 heterocycles. The summed E-state index contributed by atoms with van der Waals surface area (Å²) in [5.74, 6) is 3.03. The van der Waals surface area contributed by atoms with Crippen molar-refractivity contribution in [2.45, 2.75) is 59.2 Å². The van der Waals surface area contributed by atoms with Crippen molar-refractivity contribution >= 4 is 23.5 Å². The number of thioether (sulfide) groups is 2. The molecule has 0 aliphatic heterocycles. The Morgan fingerprint density at radius 2 is 1.30 bits per heavy atom. The molecule has 1 aromatic rings. The van der Waals surface area contributed by atoms with Crippen LogP contribution >= 0.6 is 23.5 Å². The number of aryl methyl sites for hydroxylation is 1. The van der Waals surface area contributed by atoms with Gasteiger partial charge < -0.3 is 0 Å². The first kappa shape index (κ1) is 20.4. The molecule has 0 spiro atoms. The predicted octanol–water partition coefficient (Wildman–Crippen LogP) is 4.13. The highest BCUT2D eigenvalue weighted by atomic mass is 32.2. The average molecular weight is 359 g/mol. The number of hydrogen-bond acceptors (Lipinski definition) is 4. The Balaban J connectivity index is 3.16. The average Bonchev–Trinajstić information content (AvgIpc) is 2.42. The van der Waals surface area contributed by atoms with Crippen LogP contribution in [0.25, 0.3) is 0 Å². The Bertz CT molecular complexity index is 620. The largest absolute Gasteiger partial charge is 0.333 e. The van der Waals surface area contributed by atoms with E-state index in [0.29, 0.717) is 11.8 Å². The normalized spacial score (nSPS) is 14.5. The molecule has 23 heavy (non-hydrogen) atoms. The Kier molecular flexibility index (Phi) is 8.01. The quantitative estimate of drug-likeness (QED) is 0.701. The van der Waals surface area contributed by atoms with Crippen LogP contribution in [0.15, 0.2) is 15.7 Å². The van der Waals surface area contributed by atoms with Crippen molar-refractivity contribution in [3.63, 3.8) is 0 Å². The molecule has 132 valence electrons. The van der Waals surface area contributed by atoms with Crippen LogP contribution in [-0.4, -0.2) is 20.6 Å². The third-order valence-electron chi connectivity index (χ3n) is 3.43. The van der Waals surface area contributed by atoms with E-state index in [-0.39, 0.29) is 22.0 Å². The van der Waals surface area contributed by atoms with Crippen molar-refractivity contribution in [2.24, 2.45) is 11.8 Å². The van der Waals surface area contributed by atoms with E-state index in [1.807, 2.05) is 20.8 Å². The van der Waals surface area contributed by atoms with Crippen molar-refractivity contribution in [3.8, 4) is 0 Å². The molecule has 1 rings (SSSR count). The second-order valence-electron chi connectivity index (χ2n) is 6.80. The lowest BCUT2D eigenvalue weighted by atomic mass is 10.3. The number of hydrogen-bond donors (Lipinski definition) is 0. The lowest BCUT2D eigenvalue weighted by molar-refractivity contribution is 0.557. The summed E-state index contributed by atoms with van der Waals surface area (Å²) in [5, 5.41) is -0.120. The number of nitrogens with zero attached hydrogens (tertiary/aromatic N) is 2. The van der Waals surface area contributed by atoms with Gasteiger partial charge in [0.15, 0.2) is 0 Å². The van der Waals surface area contributed by atoms with E-state index in [9.17, 15) is 9.59 Å². The molecule has 1 aromatic heterocycles. The van der Waals surface area contributed by atoms with E-state index < -0.39 is 0 Å². The third kappa shape index (κ3) is 5.75. The third-order valence-corrected chi connectivity index (χ3v) is 6.54. The molecule has 0 aliphatic rings. The zero-order valence-electron chi connectivity index (χ0n) is 15.3. The van der Waals surface area contributed by atoms with Gasteiger partial charge in [-0.2, -0.15) is 0 Å². The molecular formula is C17H30N2O2S2. The topological polar surface area (TPSA) is 44.0 Å². The van der Waals surface area contributed by atoms with Gasteiger partial charge >= 0.3 is 5.69 Å². The second kappa shape index (κ2) is 9.02. The Morgan fingerprint density at radius 3 is 1.74 bits per heavy atom. The summed E-state index contributed by atoms with van der Waals surface area (Å²) >= 11 is 3.40. The van der Waals surface area contributed by atoms with Crippen LogP contribution in [0.4, 0.5) is 0 Å². The maximum Gasteiger partial charge on any atom is 0.333 e. The Labute approximate surface area is 148 Å². The highest BCUT2D eigenvalue weighted by Gasteiger charge is 2.18. The highest BCUT2D eigenvalue weighted by Crippen LogP contribution is 2.25. The molecular weight excluding hydrogens is 328 g/mol. The number of rotatable bonds is 8. The fourth-order valence-corrected chi connectivity index (χ4v) is 4.34. The summed E-state index contributed by atoms with van der Waals surface area (Å²) in [4.78, 5) is 25.2. The van der Waals surface area contributed by atoms with Crippen molar-refractivity contribution < 1.29 is 0 Å². The molecule has 0 amide bonds. The van der Waals surface area contributed by atoms with E-state index in [0.717, 1.165) is 17.2 Å². The van der Waals surface area contributed by atoms with Gasteiger partial charge in [0.2, 0.25) is 0 Å². The molecule has 2 atom stereocenters. The van der Waals surface area contributed by atoms with E-state index >= 15 is 0 Å². The maximum atomic E-state index is 12.9. The van der Waals surface area contributed by atoms with Gasteiger partial charge in [0.25, 0.3) is 5.56 Å². The summed E-state index contributed by atoms with van der Waals surface area (Å²) in [5.41, 5.74) is 0.345. The highest BCUT2D eigenvalue weighted by molar-refractivity contribution is 7.99. The molecule has 0 saturated carbocycles. The first-order valence-corrected chi connectivity index (χ1v) is 10.3. The van der Waals surface area contributed by atoms with Crippen molar-refractivity contribution in [3.05, 3.63) is 32.6 Å². The summed E-state index contributed by atoms with van der Waals surface area (Å²) < 4.78 is 3.15. The molecule has 4 nitrogen and oxygen atoms in total. The van der Waals surface area contributed by atoms with Gasteiger partial charge in [-0.3, -0.25) is 9.36 Å². The van der Waals surface area contributed by atoms with Gasteiger partial charge in [-0.1, -0.05) is 27.7 Å². The predicted molar refractivity (Wildman–Crippen MR) is 104 cm³/mol. The monoisotopic (exact) mass is 358 g/mol. The van der Waals surface area contributed by atoms with Crippen LogP contribution < -0.4 is 11.2 Å². The molecule has 0 bridgehead atoms. The van der Waals surface area contributed by atoms with E-state index in [1.54, 1.807) is 34.2 Å². The first-order valence-electron chi connectivity index (χ1n) is 8.23. The molecule has 0 aliphatic carbocycles. The fourth-order valence-electron chi connectivity index (χ4n) is 2.27. The van der Waals surface area contributed by atoms with E-state index in [1.165, 1.54) is 4.57 Å². The van der Waals surface area contributed by atoms with Crippen molar-refractivity contribution in [1.82, 2.24) is 9.13 Å². The first-order chi connectivity index (χ1) is 10.6. The summed E-state index contributed by atoms with van der Waals surface area (Å²) in [6.45, 7) is 14.4. The molecule has 0 fully saturated rings. The standard InChI is InChI=1S/C17H30N2O2S2/c1-11(2)9-22-14(6)18-13(5)8-16(20)19(17(18)21)15(7)23-10-12(3)4/h8,11-12,14-15H,9-10H2,1-7H3. The SMILES string of the molecule is Cc1cc(=O)n(C(C)SCC(C)C)c(=O)n1C(C)SCC(C)C. The molecule has 0 N–H and O–H groups in total. The molecule has 0 radical (unpaired) electrons. The lowest BCUT2D eigenvalue weighted by Crippen LogP contribution is -2.42. The summed E-state index contributed by atoms with van der Waals surface area (Å²) in [6, 6.07) is 1.58. The fraction of sp³-hybridized carbons (Fsp3) is 0.765. The Morgan fingerprint density at radius 1 is 0.870 bits per heavy atom. The minimum absolute atomic E-state index is 0.0269. The van der Waals surface area contributed by atoms with Gasteiger partial charge in [-0.25, -0.2) is 9.36 Å². The molecule has 6 heteroatoms. The molecule has 2 unspecified atom stereocenters. The van der Waals surface area contributed by atoms with Gasteiger partial charge in [0, 0.05) is 11.8 Å². The number of aromatic nitrogens is 2. The molecule has 0 aromatic carbocycles. The maximum absolute atomic E-state index is 12.9. The minimum atomic E-state index is -0.200. The van der Waals surface area contributed by atoms with Crippen LogP contribution in [0.2, 0.25) is 0 Å². The van der Waals surface area contributed by atoms with Gasteiger partial charge in [-0.05, 0) is 44.1 Å². The van der Waals surface area contributed by atoms with Gasteiger partial charge in [0.1, 0.15) is 0 Å². The lowest BCUT2D eigenvalue weighted by Gasteiger charge is -2.22.